The Hall–Kier alpha value is -2.86. The number of rotatable bonds is 35. The first-order chi connectivity index (χ1) is 27.8. The molecule has 1 heterocycles. The summed E-state index contributed by atoms with van der Waals surface area (Å²) in [7, 11) is 0. The summed E-state index contributed by atoms with van der Waals surface area (Å²) in [5, 5.41) is 40.0. The predicted octanol–water partition coefficient (Wildman–Crippen LogP) is 9.22. The Bertz CT molecular complexity index is 1160. The standard InChI is InChI=1S/C47H78O10/c1-3-5-7-9-11-13-15-17-19-20-22-24-26-28-30-32-34-36-43(50)56-40(39-55-47-46(53)45(52)44(51)41(37-48)57-47)38-54-42(49)35-33-31-29-27-25-23-21-18-16-14-12-10-8-6-4-2/h11-14,17-19,21-22,24,28,30,40-41,44-48,51-53H,3-10,15-16,20,23,25-27,29,31-39H2,1-2H3/b13-11+,14-12+,19-17+,21-18+,24-22+,30-28+/t40-,41-,44+,45?,46?,47-/m1/s1. The van der Waals surface area contributed by atoms with E-state index in [1.165, 1.54) is 38.5 Å². The molecule has 1 aliphatic rings. The second kappa shape index (κ2) is 37.4. The van der Waals surface area contributed by atoms with Crippen molar-refractivity contribution in [3.05, 3.63) is 72.9 Å². The minimum atomic E-state index is -1.61. The van der Waals surface area contributed by atoms with Gasteiger partial charge in [0.1, 0.15) is 31.0 Å². The van der Waals surface area contributed by atoms with E-state index in [0.29, 0.717) is 19.3 Å². The van der Waals surface area contributed by atoms with Crippen molar-refractivity contribution in [3.8, 4) is 0 Å². The summed E-state index contributed by atoms with van der Waals surface area (Å²) in [4.78, 5) is 25.3. The molecule has 1 fully saturated rings. The Kier molecular flexibility index (Phi) is 34.2. The van der Waals surface area contributed by atoms with E-state index in [2.05, 4.69) is 80.7 Å². The molecule has 326 valence electrons. The monoisotopic (exact) mass is 803 g/mol. The number of carbonyl (C=O) groups excluding carboxylic acids is 2. The van der Waals surface area contributed by atoms with Crippen molar-refractivity contribution in [3.63, 3.8) is 0 Å². The van der Waals surface area contributed by atoms with Crippen LogP contribution in [0.4, 0.5) is 0 Å². The maximum absolute atomic E-state index is 12.7. The number of aliphatic hydroxyl groups excluding tert-OH is 4. The molecule has 0 bridgehead atoms. The van der Waals surface area contributed by atoms with Gasteiger partial charge in [0.15, 0.2) is 12.4 Å². The molecule has 0 spiro atoms. The number of carbonyl (C=O) groups is 2. The molecule has 1 saturated heterocycles. The van der Waals surface area contributed by atoms with Crippen molar-refractivity contribution in [2.24, 2.45) is 0 Å². The van der Waals surface area contributed by atoms with Crippen LogP contribution in [-0.2, 0) is 28.5 Å². The number of hydrogen-bond donors (Lipinski definition) is 4. The van der Waals surface area contributed by atoms with Gasteiger partial charge in [-0.15, -0.1) is 0 Å². The third kappa shape index (κ3) is 29.1. The first kappa shape index (κ1) is 52.2. The van der Waals surface area contributed by atoms with Gasteiger partial charge in [0.25, 0.3) is 0 Å². The van der Waals surface area contributed by atoms with E-state index in [4.69, 9.17) is 18.9 Å². The van der Waals surface area contributed by atoms with Gasteiger partial charge >= 0.3 is 11.9 Å². The van der Waals surface area contributed by atoms with Crippen molar-refractivity contribution < 1.29 is 49.0 Å². The van der Waals surface area contributed by atoms with Crippen molar-refractivity contribution in [2.45, 2.75) is 192 Å². The number of allylic oxidation sites excluding steroid dienone is 12. The topological polar surface area (TPSA) is 152 Å². The first-order valence-corrected chi connectivity index (χ1v) is 22.0. The lowest BCUT2D eigenvalue weighted by molar-refractivity contribution is -0.305. The Morgan fingerprint density at radius 3 is 1.53 bits per heavy atom. The molecule has 0 amide bonds. The third-order valence-corrected chi connectivity index (χ3v) is 9.56. The lowest BCUT2D eigenvalue weighted by Crippen LogP contribution is -2.59. The molecule has 10 heteroatoms. The minimum Gasteiger partial charge on any atom is -0.462 e. The lowest BCUT2D eigenvalue weighted by Gasteiger charge is -2.39. The van der Waals surface area contributed by atoms with E-state index in [9.17, 15) is 30.0 Å². The van der Waals surface area contributed by atoms with E-state index in [1.54, 1.807) is 0 Å². The molecule has 0 aromatic rings. The number of hydrogen-bond acceptors (Lipinski definition) is 10. The van der Waals surface area contributed by atoms with Gasteiger partial charge in [0.2, 0.25) is 0 Å². The van der Waals surface area contributed by atoms with Crippen molar-refractivity contribution in [1.29, 1.82) is 0 Å². The number of esters is 2. The summed E-state index contributed by atoms with van der Waals surface area (Å²) in [5.41, 5.74) is 0. The van der Waals surface area contributed by atoms with E-state index in [1.807, 2.05) is 6.08 Å². The third-order valence-electron chi connectivity index (χ3n) is 9.56. The molecule has 6 atom stereocenters. The Morgan fingerprint density at radius 2 is 1.00 bits per heavy atom. The zero-order chi connectivity index (χ0) is 41.6. The quantitative estimate of drug-likeness (QED) is 0.0277. The smallest absolute Gasteiger partial charge is 0.306 e. The second-order valence-electron chi connectivity index (χ2n) is 14.8. The maximum Gasteiger partial charge on any atom is 0.306 e. The summed E-state index contributed by atoms with van der Waals surface area (Å²) in [6, 6.07) is 0. The molecule has 4 N–H and O–H groups in total. The molecule has 2 unspecified atom stereocenters. The van der Waals surface area contributed by atoms with Gasteiger partial charge in [-0.2, -0.15) is 0 Å². The van der Waals surface area contributed by atoms with Crippen LogP contribution in [-0.4, -0.2) is 89.0 Å². The highest BCUT2D eigenvalue weighted by atomic mass is 16.7. The molecule has 0 aromatic carbocycles. The Morgan fingerprint density at radius 1 is 0.544 bits per heavy atom. The molecular weight excluding hydrogens is 725 g/mol. The van der Waals surface area contributed by atoms with Gasteiger partial charge in [-0.25, -0.2) is 0 Å². The average molecular weight is 803 g/mol. The van der Waals surface area contributed by atoms with Crippen molar-refractivity contribution in [1.82, 2.24) is 0 Å². The average Bonchev–Trinajstić information content (AvgIpc) is 3.21. The maximum atomic E-state index is 12.7. The highest BCUT2D eigenvalue weighted by Gasteiger charge is 2.44. The largest absolute Gasteiger partial charge is 0.462 e. The van der Waals surface area contributed by atoms with E-state index < -0.39 is 55.4 Å². The van der Waals surface area contributed by atoms with Gasteiger partial charge in [0, 0.05) is 12.8 Å². The van der Waals surface area contributed by atoms with Crippen LogP contribution in [0.5, 0.6) is 0 Å². The van der Waals surface area contributed by atoms with Crippen molar-refractivity contribution >= 4 is 11.9 Å². The molecule has 1 aliphatic heterocycles. The van der Waals surface area contributed by atoms with Crippen LogP contribution in [0.2, 0.25) is 0 Å². The number of unbranched alkanes of at least 4 members (excludes halogenated alkanes) is 12. The normalized spacial score (nSPS) is 21.0. The lowest BCUT2D eigenvalue weighted by atomic mass is 9.99. The molecule has 1 rings (SSSR count). The van der Waals surface area contributed by atoms with E-state index in [0.717, 1.165) is 70.6 Å². The van der Waals surface area contributed by atoms with Crippen LogP contribution < -0.4 is 0 Å². The highest BCUT2D eigenvalue weighted by molar-refractivity contribution is 5.70. The van der Waals surface area contributed by atoms with E-state index >= 15 is 0 Å². The van der Waals surface area contributed by atoms with Crippen LogP contribution in [0.15, 0.2) is 72.9 Å². The number of aliphatic hydroxyl groups is 4. The van der Waals surface area contributed by atoms with E-state index in [-0.39, 0.29) is 26.1 Å². The van der Waals surface area contributed by atoms with Gasteiger partial charge in [-0.3, -0.25) is 9.59 Å². The molecule has 10 nitrogen and oxygen atoms in total. The predicted molar refractivity (Wildman–Crippen MR) is 228 cm³/mol. The molecule has 0 aromatic heterocycles. The fourth-order valence-corrected chi connectivity index (χ4v) is 6.03. The van der Waals surface area contributed by atoms with Crippen molar-refractivity contribution in [2.75, 3.05) is 19.8 Å². The van der Waals surface area contributed by atoms with Gasteiger partial charge in [0.05, 0.1) is 13.2 Å². The van der Waals surface area contributed by atoms with Crippen LogP contribution in [0.3, 0.4) is 0 Å². The summed E-state index contributed by atoms with van der Waals surface area (Å²) >= 11 is 0. The fraction of sp³-hybridized carbons (Fsp3) is 0.702. The zero-order valence-electron chi connectivity index (χ0n) is 35.3. The highest BCUT2D eigenvalue weighted by Crippen LogP contribution is 2.22. The van der Waals surface area contributed by atoms with Gasteiger partial charge < -0.3 is 39.4 Å². The summed E-state index contributed by atoms with van der Waals surface area (Å²) in [6.07, 6.45) is 39.1. The molecule has 0 radical (unpaired) electrons. The summed E-state index contributed by atoms with van der Waals surface area (Å²) < 4.78 is 22.1. The van der Waals surface area contributed by atoms with Crippen LogP contribution >= 0.6 is 0 Å². The van der Waals surface area contributed by atoms with Crippen LogP contribution in [0, 0.1) is 0 Å². The number of ether oxygens (including phenoxy) is 4. The molecule has 0 saturated carbocycles. The zero-order valence-corrected chi connectivity index (χ0v) is 35.3. The SMILES string of the molecule is CCCCC/C=C/C/C=C/C/C=C/C/C=C/CCCC(=O)O[C@H](COC(=O)CCCCCCC/C=C/C/C=C/CCCCC)CO[C@@H]1O[C@H](CO)[C@H](O)C(O)C1O. The fourth-order valence-electron chi connectivity index (χ4n) is 6.03. The Labute approximate surface area is 344 Å². The van der Waals surface area contributed by atoms with Crippen LogP contribution in [0.1, 0.15) is 155 Å². The van der Waals surface area contributed by atoms with Crippen LogP contribution in [0.25, 0.3) is 0 Å². The molecule has 0 aliphatic carbocycles. The Balaban J connectivity index is 2.41. The minimum absolute atomic E-state index is 0.147. The second-order valence-corrected chi connectivity index (χ2v) is 14.8. The molecular formula is C47H78O10. The summed E-state index contributed by atoms with van der Waals surface area (Å²) in [6.45, 7) is 3.28. The molecule has 57 heavy (non-hydrogen) atoms. The van der Waals surface area contributed by atoms with Gasteiger partial charge in [-0.05, 0) is 83.5 Å². The summed E-state index contributed by atoms with van der Waals surface area (Å²) in [5.74, 6) is -0.895. The van der Waals surface area contributed by atoms with Gasteiger partial charge in [-0.1, -0.05) is 132 Å². The first-order valence-electron chi connectivity index (χ1n) is 22.0.